The number of amides is 1. The van der Waals surface area contributed by atoms with Crippen LogP contribution in [0.4, 0.5) is 0 Å². The maximum Gasteiger partial charge on any atom is 0.259 e. The molecular formula is C23H24N4O2S3. The molecule has 3 aromatic heterocycles. The zero-order valence-corrected chi connectivity index (χ0v) is 20.5. The Labute approximate surface area is 198 Å². The van der Waals surface area contributed by atoms with Crippen LogP contribution in [0.3, 0.4) is 0 Å². The van der Waals surface area contributed by atoms with E-state index in [1.54, 1.807) is 39.3 Å². The first-order chi connectivity index (χ1) is 15.5. The average Bonchev–Trinajstić information content (AvgIpc) is 3.49. The molecule has 1 amide bonds. The molecule has 3 heterocycles. The van der Waals surface area contributed by atoms with Crippen molar-refractivity contribution in [1.29, 1.82) is 0 Å². The van der Waals surface area contributed by atoms with E-state index in [1.165, 1.54) is 10.4 Å². The zero-order chi connectivity index (χ0) is 22.2. The number of thiazole rings is 1. The van der Waals surface area contributed by atoms with Crippen molar-refractivity contribution in [1.82, 2.24) is 19.9 Å². The summed E-state index contributed by atoms with van der Waals surface area (Å²) in [5.74, 6) is 2.06. The molecule has 32 heavy (non-hydrogen) atoms. The highest BCUT2D eigenvalue weighted by atomic mass is 32.2. The number of rotatable bonds is 7. The molecule has 0 bridgehead atoms. The molecule has 0 fully saturated rings. The van der Waals surface area contributed by atoms with Crippen LogP contribution in [-0.4, -0.2) is 38.6 Å². The van der Waals surface area contributed by atoms with Crippen molar-refractivity contribution in [3.05, 3.63) is 55.9 Å². The van der Waals surface area contributed by atoms with Crippen molar-refractivity contribution in [2.75, 3.05) is 12.8 Å². The van der Waals surface area contributed by atoms with Crippen LogP contribution in [0.2, 0.25) is 0 Å². The third-order valence-electron chi connectivity index (χ3n) is 5.97. The second kappa shape index (κ2) is 8.96. The number of carbonyl (C=O) groups excluding carboxylic acids is 1. The van der Waals surface area contributed by atoms with Crippen molar-refractivity contribution in [2.24, 2.45) is 0 Å². The van der Waals surface area contributed by atoms with Crippen LogP contribution in [0.25, 0.3) is 20.4 Å². The Hall–Kier alpha value is -2.23. The number of benzene rings is 1. The van der Waals surface area contributed by atoms with Crippen molar-refractivity contribution < 1.29 is 4.79 Å². The summed E-state index contributed by atoms with van der Waals surface area (Å²) in [7, 11) is 1.84. The normalized spacial score (nSPS) is 14.2. The number of thioether (sulfide) groups is 1. The highest BCUT2D eigenvalue weighted by molar-refractivity contribution is 7.98. The quantitative estimate of drug-likeness (QED) is 0.377. The Morgan fingerprint density at radius 1 is 1.25 bits per heavy atom. The molecule has 9 heteroatoms. The number of H-pyrrole nitrogens is 1. The van der Waals surface area contributed by atoms with Gasteiger partial charge in [-0.15, -0.1) is 22.7 Å². The van der Waals surface area contributed by atoms with E-state index in [-0.39, 0.29) is 17.5 Å². The van der Waals surface area contributed by atoms with Crippen LogP contribution in [0, 0.1) is 0 Å². The van der Waals surface area contributed by atoms with E-state index < -0.39 is 0 Å². The van der Waals surface area contributed by atoms with Gasteiger partial charge in [-0.2, -0.15) is 11.8 Å². The first kappa shape index (κ1) is 21.6. The molecule has 0 saturated heterocycles. The van der Waals surface area contributed by atoms with Crippen LogP contribution < -0.4 is 5.56 Å². The van der Waals surface area contributed by atoms with Gasteiger partial charge in [-0.1, -0.05) is 12.1 Å². The minimum atomic E-state index is -0.0638. The molecule has 0 aliphatic heterocycles. The lowest BCUT2D eigenvalue weighted by molar-refractivity contribution is -0.131. The summed E-state index contributed by atoms with van der Waals surface area (Å²) in [6.45, 7) is 2.02. The third-order valence-corrected chi connectivity index (χ3v) is 9.33. The molecule has 1 aliphatic carbocycles. The predicted octanol–water partition coefficient (Wildman–Crippen LogP) is 4.93. The fourth-order valence-electron chi connectivity index (χ4n) is 4.07. The number of aromatic nitrogens is 3. The van der Waals surface area contributed by atoms with Crippen LogP contribution >= 0.6 is 34.4 Å². The topological polar surface area (TPSA) is 79.0 Å². The molecule has 1 aromatic carbocycles. The van der Waals surface area contributed by atoms with Gasteiger partial charge in [0.25, 0.3) is 5.56 Å². The van der Waals surface area contributed by atoms with Crippen LogP contribution in [0.15, 0.2) is 29.1 Å². The summed E-state index contributed by atoms with van der Waals surface area (Å²) in [4.78, 5) is 41.5. The van der Waals surface area contributed by atoms with Gasteiger partial charge in [-0.05, 0) is 43.9 Å². The Morgan fingerprint density at radius 3 is 2.94 bits per heavy atom. The van der Waals surface area contributed by atoms with Crippen molar-refractivity contribution in [3.63, 3.8) is 0 Å². The predicted molar refractivity (Wildman–Crippen MR) is 134 cm³/mol. The molecule has 6 nitrogen and oxygen atoms in total. The summed E-state index contributed by atoms with van der Waals surface area (Å²) >= 11 is 4.92. The number of fused-ring (bicyclic) bond motifs is 4. The monoisotopic (exact) mass is 484 g/mol. The summed E-state index contributed by atoms with van der Waals surface area (Å²) in [6, 6.07) is 7.98. The average molecular weight is 485 g/mol. The number of nitrogens with zero attached hydrogens (tertiary/aromatic N) is 3. The molecule has 0 radical (unpaired) electrons. The van der Waals surface area contributed by atoms with Gasteiger partial charge >= 0.3 is 0 Å². The Balaban J connectivity index is 1.16. The molecule has 5 rings (SSSR count). The number of aryl methyl sites for hydroxylation is 2. The second-order valence-corrected chi connectivity index (χ2v) is 11.3. The van der Waals surface area contributed by atoms with Gasteiger partial charge in [0.1, 0.15) is 15.7 Å². The van der Waals surface area contributed by atoms with E-state index in [1.807, 2.05) is 32.2 Å². The third kappa shape index (κ3) is 4.09. The minimum Gasteiger partial charge on any atom is -0.337 e. The lowest BCUT2D eigenvalue weighted by Crippen LogP contribution is -2.29. The number of hydrogen-bond donors (Lipinski definition) is 1. The van der Waals surface area contributed by atoms with E-state index in [2.05, 4.69) is 21.0 Å². The van der Waals surface area contributed by atoms with Gasteiger partial charge in [-0.3, -0.25) is 9.59 Å². The fraction of sp³-hybridized carbons (Fsp3) is 0.391. The van der Waals surface area contributed by atoms with Crippen LogP contribution in [0.1, 0.15) is 47.1 Å². The highest BCUT2D eigenvalue weighted by Crippen LogP contribution is 2.34. The molecule has 0 spiro atoms. The number of thiophene rings is 1. The molecule has 0 saturated carbocycles. The lowest BCUT2D eigenvalue weighted by atomic mass is 10.2. The van der Waals surface area contributed by atoms with Crippen LogP contribution in [0.5, 0.6) is 0 Å². The van der Waals surface area contributed by atoms with Gasteiger partial charge in [-0.25, -0.2) is 9.97 Å². The fourth-order valence-corrected chi connectivity index (χ4v) is 7.21. The molecule has 4 aromatic rings. The van der Waals surface area contributed by atoms with E-state index >= 15 is 0 Å². The highest BCUT2D eigenvalue weighted by Gasteiger charge is 2.22. The Bertz CT molecular complexity index is 1320. The van der Waals surface area contributed by atoms with Crippen molar-refractivity contribution >= 4 is 60.8 Å². The summed E-state index contributed by atoms with van der Waals surface area (Å²) in [5.41, 5.74) is 2.16. The van der Waals surface area contributed by atoms with Crippen molar-refractivity contribution in [3.8, 4) is 0 Å². The number of nitrogens with one attached hydrogen (secondary N) is 1. The van der Waals surface area contributed by atoms with E-state index in [0.717, 1.165) is 44.7 Å². The minimum absolute atomic E-state index is 0.0227. The molecule has 1 unspecified atom stereocenters. The Kier molecular flexibility index (Phi) is 6.05. The molecule has 1 N–H and O–H groups in total. The second-order valence-electron chi connectivity index (χ2n) is 8.05. The SMILES string of the molecule is CC(c1nc2ccccc2s1)N(C)C(=O)CCSCc1nc2sc3c(c2c(=O)[nH]1)CCC3. The van der Waals surface area contributed by atoms with E-state index in [4.69, 9.17) is 0 Å². The van der Waals surface area contributed by atoms with E-state index in [9.17, 15) is 9.59 Å². The first-order valence-electron chi connectivity index (χ1n) is 10.7. The van der Waals surface area contributed by atoms with Gasteiger partial charge in [0.05, 0.1) is 27.4 Å². The van der Waals surface area contributed by atoms with Gasteiger partial charge in [0, 0.05) is 24.1 Å². The number of hydrogen-bond acceptors (Lipinski definition) is 7. The lowest BCUT2D eigenvalue weighted by Gasteiger charge is -2.23. The largest absolute Gasteiger partial charge is 0.337 e. The molecule has 1 aliphatic rings. The molecule has 166 valence electrons. The maximum atomic E-state index is 12.7. The van der Waals surface area contributed by atoms with Crippen LogP contribution in [-0.2, 0) is 23.4 Å². The maximum absolute atomic E-state index is 12.7. The summed E-state index contributed by atoms with van der Waals surface area (Å²) in [5, 5.41) is 1.74. The number of aromatic amines is 1. The number of carbonyl (C=O) groups is 1. The van der Waals surface area contributed by atoms with Gasteiger partial charge in [0.15, 0.2) is 0 Å². The van der Waals surface area contributed by atoms with Gasteiger partial charge < -0.3 is 9.88 Å². The molecule has 1 atom stereocenters. The summed E-state index contributed by atoms with van der Waals surface area (Å²) in [6.07, 6.45) is 3.62. The smallest absolute Gasteiger partial charge is 0.259 e. The van der Waals surface area contributed by atoms with Crippen molar-refractivity contribution in [2.45, 2.75) is 44.4 Å². The van der Waals surface area contributed by atoms with E-state index in [0.29, 0.717) is 23.8 Å². The summed E-state index contributed by atoms with van der Waals surface area (Å²) < 4.78 is 1.14. The Morgan fingerprint density at radius 2 is 2.09 bits per heavy atom. The zero-order valence-electron chi connectivity index (χ0n) is 18.0. The molecular weight excluding hydrogens is 460 g/mol. The van der Waals surface area contributed by atoms with Gasteiger partial charge in [0.2, 0.25) is 5.91 Å². The standard InChI is InChI=1S/C23H24N4O2S3/c1-13(22-24-15-7-3-4-8-17(15)32-22)27(2)19(28)10-11-30-12-18-25-21(29)20-14-6-5-9-16(14)31-23(20)26-18/h3-4,7-8,13H,5-6,9-12H2,1-2H3,(H,25,26,29). The first-order valence-corrected chi connectivity index (χ1v) is 13.5. The number of para-hydroxylation sites is 1.